The maximum absolute atomic E-state index is 12.5. The van der Waals surface area contributed by atoms with Gasteiger partial charge in [0.25, 0.3) is 5.91 Å². The van der Waals surface area contributed by atoms with Crippen LogP contribution in [0.4, 0.5) is 5.69 Å². The lowest BCUT2D eigenvalue weighted by atomic mass is 10.1. The number of hydrogen-bond acceptors (Lipinski definition) is 2. The molecule has 0 bridgehead atoms. The van der Waals surface area contributed by atoms with Gasteiger partial charge in [-0.1, -0.05) is 46.5 Å². The number of amides is 2. The van der Waals surface area contributed by atoms with E-state index in [1.54, 1.807) is 12.1 Å². The molecular weight excluding hydrogens is 312 g/mol. The molecule has 2 amide bonds. The standard InChI is InChI=1S/C21H34N2O2/c1-4-7-8-9-10-11-20(24)22-19-14-12-18(13-15-19)21(25)23(16-5-2)17-6-3/h12-15H,4-11,16-17H2,1-3H3,(H,22,24). The molecule has 0 saturated carbocycles. The minimum atomic E-state index is 0.0502. The molecule has 0 aliphatic carbocycles. The van der Waals surface area contributed by atoms with E-state index in [0.29, 0.717) is 12.0 Å². The molecule has 1 N–H and O–H groups in total. The molecule has 4 nitrogen and oxygen atoms in total. The predicted octanol–water partition coefficient (Wildman–Crippen LogP) is 5.25. The van der Waals surface area contributed by atoms with Gasteiger partial charge in [0.1, 0.15) is 0 Å². The van der Waals surface area contributed by atoms with E-state index in [1.165, 1.54) is 19.3 Å². The second kappa shape index (κ2) is 12.5. The lowest BCUT2D eigenvalue weighted by Gasteiger charge is -2.21. The average Bonchev–Trinajstić information content (AvgIpc) is 2.61. The van der Waals surface area contributed by atoms with Gasteiger partial charge in [-0.05, 0) is 43.5 Å². The summed E-state index contributed by atoms with van der Waals surface area (Å²) in [5.74, 6) is 0.117. The third-order valence-corrected chi connectivity index (χ3v) is 4.20. The maximum Gasteiger partial charge on any atom is 0.253 e. The van der Waals surface area contributed by atoms with E-state index in [1.807, 2.05) is 17.0 Å². The van der Waals surface area contributed by atoms with Crippen LogP contribution in [0.2, 0.25) is 0 Å². The molecule has 0 atom stereocenters. The van der Waals surface area contributed by atoms with Crippen molar-refractivity contribution in [3.63, 3.8) is 0 Å². The summed E-state index contributed by atoms with van der Waals surface area (Å²) < 4.78 is 0. The number of benzene rings is 1. The van der Waals surface area contributed by atoms with Gasteiger partial charge in [-0.15, -0.1) is 0 Å². The van der Waals surface area contributed by atoms with Crippen LogP contribution in [-0.2, 0) is 4.79 Å². The molecule has 0 aliphatic heterocycles. The van der Waals surface area contributed by atoms with Gasteiger partial charge in [-0.25, -0.2) is 0 Å². The van der Waals surface area contributed by atoms with Crippen molar-refractivity contribution < 1.29 is 9.59 Å². The summed E-state index contributed by atoms with van der Waals surface area (Å²) in [5.41, 5.74) is 1.44. The highest BCUT2D eigenvalue weighted by atomic mass is 16.2. The quantitative estimate of drug-likeness (QED) is 0.526. The average molecular weight is 347 g/mol. The minimum Gasteiger partial charge on any atom is -0.339 e. The Morgan fingerprint density at radius 1 is 0.840 bits per heavy atom. The van der Waals surface area contributed by atoms with E-state index in [9.17, 15) is 9.59 Å². The molecule has 0 heterocycles. The molecule has 25 heavy (non-hydrogen) atoms. The molecule has 1 rings (SSSR count). The minimum absolute atomic E-state index is 0.0502. The molecule has 0 saturated heterocycles. The molecule has 4 heteroatoms. The van der Waals surface area contributed by atoms with Crippen molar-refractivity contribution in [2.75, 3.05) is 18.4 Å². The summed E-state index contributed by atoms with van der Waals surface area (Å²) in [6.45, 7) is 7.91. The molecule has 0 fully saturated rings. The van der Waals surface area contributed by atoms with Crippen LogP contribution in [-0.4, -0.2) is 29.8 Å². The third-order valence-electron chi connectivity index (χ3n) is 4.20. The normalized spacial score (nSPS) is 10.5. The zero-order valence-electron chi connectivity index (χ0n) is 16.1. The SMILES string of the molecule is CCCCCCCC(=O)Nc1ccc(C(=O)N(CCC)CCC)cc1. The Hall–Kier alpha value is -1.84. The highest BCUT2D eigenvalue weighted by Crippen LogP contribution is 2.13. The fourth-order valence-electron chi connectivity index (χ4n) is 2.85. The van der Waals surface area contributed by atoms with Gasteiger partial charge < -0.3 is 10.2 Å². The first kappa shape index (κ1) is 21.2. The van der Waals surface area contributed by atoms with Crippen molar-refractivity contribution in [2.24, 2.45) is 0 Å². The van der Waals surface area contributed by atoms with Gasteiger partial charge in [0.2, 0.25) is 5.91 Å². The summed E-state index contributed by atoms with van der Waals surface area (Å²) in [6, 6.07) is 7.24. The largest absolute Gasteiger partial charge is 0.339 e. The van der Waals surface area contributed by atoms with Crippen LogP contribution >= 0.6 is 0 Å². The Morgan fingerprint density at radius 3 is 2.00 bits per heavy atom. The number of carbonyl (C=O) groups is 2. The summed E-state index contributed by atoms with van der Waals surface area (Å²) >= 11 is 0. The highest BCUT2D eigenvalue weighted by molar-refractivity contribution is 5.95. The van der Waals surface area contributed by atoms with Gasteiger partial charge >= 0.3 is 0 Å². The Labute approximate surface area is 153 Å². The van der Waals surface area contributed by atoms with E-state index < -0.39 is 0 Å². The predicted molar refractivity (Wildman–Crippen MR) is 105 cm³/mol. The van der Waals surface area contributed by atoms with Crippen molar-refractivity contribution in [2.45, 2.75) is 72.1 Å². The molecule has 0 aromatic heterocycles. The van der Waals surface area contributed by atoms with E-state index in [0.717, 1.165) is 44.5 Å². The number of nitrogens with one attached hydrogen (secondary N) is 1. The van der Waals surface area contributed by atoms with Crippen LogP contribution in [0.15, 0.2) is 24.3 Å². The smallest absolute Gasteiger partial charge is 0.253 e. The van der Waals surface area contributed by atoms with Crippen molar-refractivity contribution in [3.8, 4) is 0 Å². The number of carbonyl (C=O) groups excluding carboxylic acids is 2. The Balaban J connectivity index is 2.49. The van der Waals surface area contributed by atoms with Gasteiger partial charge in [0.05, 0.1) is 0 Å². The molecule has 1 aromatic carbocycles. The summed E-state index contributed by atoms with van der Waals surface area (Å²) in [7, 11) is 0. The Bertz CT molecular complexity index is 505. The summed E-state index contributed by atoms with van der Waals surface area (Å²) in [6.07, 6.45) is 8.17. The van der Waals surface area contributed by atoms with Crippen LogP contribution in [0.1, 0.15) is 82.5 Å². The fraction of sp³-hybridized carbons (Fsp3) is 0.619. The van der Waals surface area contributed by atoms with E-state index >= 15 is 0 Å². The molecular formula is C21H34N2O2. The van der Waals surface area contributed by atoms with Crippen LogP contribution in [0.25, 0.3) is 0 Å². The topological polar surface area (TPSA) is 49.4 Å². The number of anilines is 1. The number of nitrogens with zero attached hydrogens (tertiary/aromatic N) is 1. The Kier molecular flexibility index (Phi) is 10.6. The summed E-state index contributed by atoms with van der Waals surface area (Å²) in [5, 5.41) is 2.91. The number of hydrogen-bond donors (Lipinski definition) is 1. The van der Waals surface area contributed by atoms with Crippen LogP contribution in [0, 0.1) is 0 Å². The Morgan fingerprint density at radius 2 is 1.44 bits per heavy atom. The van der Waals surface area contributed by atoms with E-state index in [4.69, 9.17) is 0 Å². The molecule has 0 spiro atoms. The zero-order valence-corrected chi connectivity index (χ0v) is 16.1. The highest BCUT2D eigenvalue weighted by Gasteiger charge is 2.14. The second-order valence-corrected chi connectivity index (χ2v) is 6.58. The third kappa shape index (κ3) is 8.19. The first-order valence-electron chi connectivity index (χ1n) is 9.81. The molecule has 0 unspecified atom stereocenters. The van der Waals surface area contributed by atoms with E-state index in [2.05, 4.69) is 26.1 Å². The maximum atomic E-state index is 12.5. The second-order valence-electron chi connectivity index (χ2n) is 6.58. The van der Waals surface area contributed by atoms with Crippen molar-refractivity contribution >= 4 is 17.5 Å². The number of unbranched alkanes of at least 4 members (excludes halogenated alkanes) is 4. The monoisotopic (exact) mass is 346 g/mol. The summed E-state index contributed by atoms with van der Waals surface area (Å²) in [4.78, 5) is 26.4. The van der Waals surface area contributed by atoms with Crippen molar-refractivity contribution in [3.05, 3.63) is 29.8 Å². The number of rotatable bonds is 12. The first-order valence-corrected chi connectivity index (χ1v) is 9.81. The molecule has 140 valence electrons. The van der Waals surface area contributed by atoms with Gasteiger partial charge in [0, 0.05) is 30.8 Å². The van der Waals surface area contributed by atoms with Gasteiger partial charge in [0.15, 0.2) is 0 Å². The van der Waals surface area contributed by atoms with Crippen LogP contribution in [0.5, 0.6) is 0 Å². The lowest BCUT2D eigenvalue weighted by Crippen LogP contribution is -2.32. The lowest BCUT2D eigenvalue weighted by molar-refractivity contribution is -0.116. The molecule has 1 aromatic rings. The molecule has 0 radical (unpaired) electrons. The zero-order chi connectivity index (χ0) is 18.5. The van der Waals surface area contributed by atoms with E-state index in [-0.39, 0.29) is 11.8 Å². The first-order chi connectivity index (χ1) is 12.1. The van der Waals surface area contributed by atoms with Crippen LogP contribution in [0.3, 0.4) is 0 Å². The van der Waals surface area contributed by atoms with Crippen LogP contribution < -0.4 is 5.32 Å². The fourth-order valence-corrected chi connectivity index (χ4v) is 2.85. The van der Waals surface area contributed by atoms with Gasteiger partial charge in [-0.3, -0.25) is 9.59 Å². The molecule has 0 aliphatic rings. The van der Waals surface area contributed by atoms with Crippen molar-refractivity contribution in [1.82, 2.24) is 4.90 Å². The van der Waals surface area contributed by atoms with Crippen molar-refractivity contribution in [1.29, 1.82) is 0 Å². The van der Waals surface area contributed by atoms with Gasteiger partial charge in [-0.2, -0.15) is 0 Å².